The van der Waals surface area contributed by atoms with Gasteiger partial charge in [0, 0.05) is 31.3 Å². The van der Waals surface area contributed by atoms with Crippen LogP contribution in [0.4, 0.5) is 0 Å². The molecule has 0 N–H and O–H groups in total. The number of rotatable bonds is 5. The van der Waals surface area contributed by atoms with Crippen molar-refractivity contribution >= 4 is 17.2 Å². The molecule has 0 unspecified atom stereocenters. The predicted molar refractivity (Wildman–Crippen MR) is 96.0 cm³/mol. The summed E-state index contributed by atoms with van der Waals surface area (Å²) in [5, 5.41) is 2.06. The van der Waals surface area contributed by atoms with Crippen molar-refractivity contribution in [2.75, 3.05) is 19.9 Å². The van der Waals surface area contributed by atoms with Crippen molar-refractivity contribution in [3.8, 4) is 11.5 Å². The van der Waals surface area contributed by atoms with Crippen molar-refractivity contribution in [3.05, 3.63) is 40.3 Å². The fourth-order valence-electron chi connectivity index (χ4n) is 3.70. The highest BCUT2D eigenvalue weighted by atomic mass is 32.1. The number of benzene rings is 1. The maximum absolute atomic E-state index is 12.3. The van der Waals surface area contributed by atoms with Crippen LogP contribution in [0.1, 0.15) is 31.0 Å². The standard InChI is InChI=1S/C19H22N2O3S/c1-19(9-14-2-3-16-17(8-14)24-13-23-16)6-4-18(22)21(11-19)7-5-15-10-25-12-20-15/h2-3,8,10,12H,4-7,9,11,13H2,1H3/t19-/m0/s1. The fourth-order valence-corrected chi connectivity index (χ4v) is 4.29. The SMILES string of the molecule is C[C@@]1(Cc2ccc3c(c2)OCO3)CCC(=O)N(CCc2cscn2)C1. The second-order valence-electron chi connectivity index (χ2n) is 7.22. The highest BCUT2D eigenvalue weighted by Crippen LogP contribution is 2.37. The minimum atomic E-state index is 0.0870. The molecular formula is C19H22N2O3S. The Morgan fingerprint density at radius 3 is 3.04 bits per heavy atom. The van der Waals surface area contributed by atoms with Crippen LogP contribution in [0.3, 0.4) is 0 Å². The van der Waals surface area contributed by atoms with Crippen molar-refractivity contribution in [1.82, 2.24) is 9.88 Å². The van der Waals surface area contributed by atoms with E-state index in [0.29, 0.717) is 13.2 Å². The van der Waals surface area contributed by atoms with Crippen LogP contribution in [-0.2, 0) is 17.6 Å². The molecule has 25 heavy (non-hydrogen) atoms. The number of carbonyl (C=O) groups excluding carboxylic acids is 1. The lowest BCUT2D eigenvalue weighted by Gasteiger charge is -2.40. The summed E-state index contributed by atoms with van der Waals surface area (Å²) in [7, 11) is 0. The van der Waals surface area contributed by atoms with Gasteiger partial charge in [0.15, 0.2) is 11.5 Å². The van der Waals surface area contributed by atoms with Crippen LogP contribution in [0.2, 0.25) is 0 Å². The molecule has 1 saturated heterocycles. The maximum atomic E-state index is 12.3. The van der Waals surface area contributed by atoms with Crippen molar-refractivity contribution in [2.24, 2.45) is 5.41 Å². The van der Waals surface area contributed by atoms with Crippen LogP contribution in [0.5, 0.6) is 11.5 Å². The number of aromatic nitrogens is 1. The van der Waals surface area contributed by atoms with Crippen LogP contribution in [0.25, 0.3) is 0 Å². The van der Waals surface area contributed by atoms with E-state index >= 15 is 0 Å². The average molecular weight is 358 g/mol. The Bertz CT molecular complexity index is 762. The van der Waals surface area contributed by atoms with E-state index in [1.165, 1.54) is 5.56 Å². The van der Waals surface area contributed by atoms with Gasteiger partial charge >= 0.3 is 0 Å². The molecule has 6 heteroatoms. The minimum absolute atomic E-state index is 0.0870. The third kappa shape index (κ3) is 3.63. The highest BCUT2D eigenvalue weighted by Gasteiger charge is 2.35. The second-order valence-corrected chi connectivity index (χ2v) is 7.94. The molecule has 1 amide bonds. The highest BCUT2D eigenvalue weighted by molar-refractivity contribution is 7.07. The quantitative estimate of drug-likeness (QED) is 0.823. The van der Waals surface area contributed by atoms with Crippen molar-refractivity contribution in [3.63, 3.8) is 0 Å². The molecule has 1 atom stereocenters. The first kappa shape index (κ1) is 16.4. The summed E-state index contributed by atoms with van der Waals surface area (Å²) in [4.78, 5) is 18.6. The molecule has 0 spiro atoms. The van der Waals surface area contributed by atoms with Crippen LogP contribution in [0, 0.1) is 5.41 Å². The molecule has 1 fully saturated rings. The first-order valence-corrected chi connectivity index (χ1v) is 9.59. The Morgan fingerprint density at radius 2 is 2.20 bits per heavy atom. The summed E-state index contributed by atoms with van der Waals surface area (Å²) in [6.45, 7) is 4.12. The summed E-state index contributed by atoms with van der Waals surface area (Å²) in [5.41, 5.74) is 4.24. The number of thiazole rings is 1. The predicted octanol–water partition coefficient (Wildman–Crippen LogP) is 3.29. The smallest absolute Gasteiger partial charge is 0.231 e. The number of carbonyl (C=O) groups is 1. The van der Waals surface area contributed by atoms with Gasteiger partial charge in [-0.2, -0.15) is 0 Å². The van der Waals surface area contributed by atoms with Crippen LogP contribution < -0.4 is 9.47 Å². The zero-order valence-electron chi connectivity index (χ0n) is 14.4. The van der Waals surface area contributed by atoms with E-state index in [9.17, 15) is 4.79 Å². The zero-order chi connectivity index (χ0) is 17.3. The topological polar surface area (TPSA) is 51.7 Å². The van der Waals surface area contributed by atoms with E-state index in [1.807, 2.05) is 16.5 Å². The Labute approximate surface area is 151 Å². The summed E-state index contributed by atoms with van der Waals surface area (Å²) in [6, 6.07) is 6.16. The van der Waals surface area contributed by atoms with Gasteiger partial charge in [-0.15, -0.1) is 11.3 Å². The van der Waals surface area contributed by atoms with Gasteiger partial charge in [0.2, 0.25) is 12.7 Å². The van der Waals surface area contributed by atoms with Crippen LogP contribution >= 0.6 is 11.3 Å². The fraction of sp³-hybridized carbons (Fsp3) is 0.474. The monoisotopic (exact) mass is 358 g/mol. The van der Waals surface area contributed by atoms with Gasteiger partial charge in [0.1, 0.15) is 0 Å². The van der Waals surface area contributed by atoms with Crippen molar-refractivity contribution < 1.29 is 14.3 Å². The second kappa shape index (κ2) is 6.67. The van der Waals surface area contributed by atoms with E-state index in [0.717, 1.165) is 49.5 Å². The molecule has 1 aromatic carbocycles. The normalized spacial score (nSPS) is 22.4. The number of hydrogen-bond acceptors (Lipinski definition) is 5. The minimum Gasteiger partial charge on any atom is -0.454 e. The number of piperidine rings is 1. The number of amides is 1. The van der Waals surface area contributed by atoms with E-state index in [1.54, 1.807) is 11.3 Å². The van der Waals surface area contributed by atoms with Gasteiger partial charge in [-0.3, -0.25) is 4.79 Å². The molecule has 2 aromatic rings. The summed E-state index contributed by atoms with van der Waals surface area (Å²) in [5.74, 6) is 1.91. The van der Waals surface area contributed by atoms with E-state index in [2.05, 4.69) is 29.4 Å². The summed E-state index contributed by atoms with van der Waals surface area (Å²) in [6.07, 6.45) is 3.31. The van der Waals surface area contributed by atoms with Gasteiger partial charge in [0.05, 0.1) is 11.2 Å². The number of likely N-dealkylation sites (tertiary alicyclic amines) is 1. The first-order valence-electron chi connectivity index (χ1n) is 8.65. The van der Waals surface area contributed by atoms with Gasteiger partial charge in [0.25, 0.3) is 0 Å². The van der Waals surface area contributed by atoms with E-state index in [4.69, 9.17) is 9.47 Å². The van der Waals surface area contributed by atoms with Crippen molar-refractivity contribution in [1.29, 1.82) is 0 Å². The number of hydrogen-bond donors (Lipinski definition) is 0. The Balaban J connectivity index is 1.42. The number of fused-ring (bicyclic) bond motifs is 1. The van der Waals surface area contributed by atoms with Crippen molar-refractivity contribution in [2.45, 2.75) is 32.6 Å². The molecule has 0 bridgehead atoms. The van der Waals surface area contributed by atoms with Gasteiger partial charge in [-0.05, 0) is 36.0 Å². The molecule has 132 valence electrons. The lowest BCUT2D eigenvalue weighted by molar-refractivity contribution is -0.137. The molecule has 1 aromatic heterocycles. The number of ether oxygens (including phenoxy) is 2. The first-order chi connectivity index (χ1) is 12.1. The molecule has 0 radical (unpaired) electrons. The summed E-state index contributed by atoms with van der Waals surface area (Å²) >= 11 is 1.60. The summed E-state index contributed by atoms with van der Waals surface area (Å²) < 4.78 is 10.9. The van der Waals surface area contributed by atoms with Crippen LogP contribution in [-0.4, -0.2) is 35.7 Å². The van der Waals surface area contributed by atoms with E-state index < -0.39 is 0 Å². The molecule has 0 aliphatic carbocycles. The van der Waals surface area contributed by atoms with Gasteiger partial charge in [-0.1, -0.05) is 13.0 Å². The Hall–Kier alpha value is -2.08. The Morgan fingerprint density at radius 1 is 1.32 bits per heavy atom. The maximum Gasteiger partial charge on any atom is 0.231 e. The average Bonchev–Trinajstić information content (AvgIpc) is 3.27. The van der Waals surface area contributed by atoms with Gasteiger partial charge < -0.3 is 14.4 Å². The number of nitrogens with zero attached hydrogens (tertiary/aromatic N) is 2. The van der Waals surface area contributed by atoms with E-state index in [-0.39, 0.29) is 11.3 Å². The lowest BCUT2D eigenvalue weighted by atomic mass is 9.76. The molecule has 2 aliphatic rings. The molecule has 3 heterocycles. The lowest BCUT2D eigenvalue weighted by Crippen LogP contribution is -2.46. The third-order valence-corrected chi connectivity index (χ3v) is 5.69. The largest absolute Gasteiger partial charge is 0.454 e. The molecule has 2 aliphatic heterocycles. The van der Waals surface area contributed by atoms with Gasteiger partial charge in [-0.25, -0.2) is 4.98 Å². The zero-order valence-corrected chi connectivity index (χ0v) is 15.2. The molecule has 5 nitrogen and oxygen atoms in total. The third-order valence-electron chi connectivity index (χ3n) is 5.06. The molecule has 4 rings (SSSR count). The Kier molecular flexibility index (Phi) is 4.37. The van der Waals surface area contributed by atoms with Crippen LogP contribution in [0.15, 0.2) is 29.1 Å². The molecule has 0 saturated carbocycles. The molecular weight excluding hydrogens is 336 g/mol.